The molecule has 7 heteroatoms. The van der Waals surface area contributed by atoms with Crippen LogP contribution in [0.4, 0.5) is 4.39 Å². The Bertz CT molecular complexity index is 766. The van der Waals surface area contributed by atoms with Crippen LogP contribution in [0.15, 0.2) is 30.5 Å². The molecule has 4 rings (SSSR count). The van der Waals surface area contributed by atoms with Crippen LogP contribution in [-0.4, -0.2) is 66.0 Å². The smallest absolute Gasteiger partial charge is 0.255 e. The van der Waals surface area contributed by atoms with Crippen molar-refractivity contribution in [3.8, 4) is 0 Å². The van der Waals surface area contributed by atoms with Gasteiger partial charge in [0.05, 0.1) is 11.1 Å². The van der Waals surface area contributed by atoms with Crippen molar-refractivity contribution in [1.29, 1.82) is 0 Å². The highest BCUT2D eigenvalue weighted by atomic mass is 35.5. The number of benzene rings is 1. The number of aromatic nitrogens is 1. The van der Waals surface area contributed by atoms with Gasteiger partial charge >= 0.3 is 0 Å². The summed E-state index contributed by atoms with van der Waals surface area (Å²) in [6.45, 7) is 5.66. The van der Waals surface area contributed by atoms with Crippen molar-refractivity contribution in [2.75, 3.05) is 39.3 Å². The molecule has 2 aliphatic heterocycles. The minimum Gasteiger partial charge on any atom is -0.337 e. The summed E-state index contributed by atoms with van der Waals surface area (Å²) in [6, 6.07) is 6.63. The number of amides is 1. The predicted octanol–water partition coefficient (Wildman–Crippen LogP) is 1.92. The van der Waals surface area contributed by atoms with Crippen LogP contribution < -0.4 is 5.32 Å². The molecule has 1 N–H and O–H groups in total. The van der Waals surface area contributed by atoms with Crippen molar-refractivity contribution >= 4 is 29.2 Å². The minimum atomic E-state index is -0.311. The number of halogens is 2. The molecule has 0 aliphatic carbocycles. The molecule has 3 heterocycles. The van der Waals surface area contributed by atoms with E-state index in [0.29, 0.717) is 22.5 Å². The number of nitrogens with one attached hydrogen (secondary N) is 1. The third-order valence-electron chi connectivity index (χ3n) is 5.01. The van der Waals surface area contributed by atoms with E-state index in [0.717, 1.165) is 45.7 Å². The van der Waals surface area contributed by atoms with Gasteiger partial charge in [0.25, 0.3) is 5.91 Å². The number of hydrogen-bond acceptors (Lipinski definition) is 4. The Labute approximate surface area is 152 Å². The first-order valence-corrected chi connectivity index (χ1v) is 8.50. The molecule has 2 saturated heterocycles. The molecule has 0 spiro atoms. The molecule has 0 bridgehead atoms. The molecule has 1 amide bonds. The molecule has 5 nitrogen and oxygen atoms in total. The van der Waals surface area contributed by atoms with E-state index in [-0.39, 0.29) is 24.1 Å². The van der Waals surface area contributed by atoms with E-state index in [1.54, 1.807) is 18.3 Å². The number of hydrogen-bond donors (Lipinski definition) is 1. The number of piperazine rings is 1. The lowest BCUT2D eigenvalue weighted by atomic mass is 10.1. The Morgan fingerprint density at radius 1 is 1.20 bits per heavy atom. The molecular formula is C18H22ClFN4O. The number of nitrogens with zero attached hydrogens (tertiary/aromatic N) is 3. The maximum Gasteiger partial charge on any atom is 0.255 e. The quantitative estimate of drug-likeness (QED) is 0.884. The fourth-order valence-electron chi connectivity index (χ4n) is 3.67. The van der Waals surface area contributed by atoms with Gasteiger partial charge in [-0.25, -0.2) is 4.39 Å². The zero-order valence-corrected chi connectivity index (χ0v) is 14.8. The van der Waals surface area contributed by atoms with Gasteiger partial charge < -0.3 is 10.2 Å². The summed E-state index contributed by atoms with van der Waals surface area (Å²) in [4.78, 5) is 21.4. The molecular weight excluding hydrogens is 343 g/mol. The molecule has 1 aromatic heterocycles. The van der Waals surface area contributed by atoms with Crippen LogP contribution >= 0.6 is 12.4 Å². The van der Waals surface area contributed by atoms with E-state index in [9.17, 15) is 9.18 Å². The van der Waals surface area contributed by atoms with Crippen LogP contribution in [-0.2, 0) is 0 Å². The van der Waals surface area contributed by atoms with Crippen molar-refractivity contribution < 1.29 is 9.18 Å². The number of carbonyl (C=O) groups excluding carboxylic acids is 1. The van der Waals surface area contributed by atoms with Gasteiger partial charge in [0, 0.05) is 56.9 Å². The van der Waals surface area contributed by atoms with Gasteiger partial charge in [0.1, 0.15) is 5.82 Å². The van der Waals surface area contributed by atoms with E-state index in [1.165, 1.54) is 12.1 Å². The molecule has 1 unspecified atom stereocenters. The van der Waals surface area contributed by atoms with E-state index >= 15 is 0 Å². The number of pyridine rings is 1. The van der Waals surface area contributed by atoms with Gasteiger partial charge in [-0.05, 0) is 30.7 Å². The van der Waals surface area contributed by atoms with Crippen LogP contribution in [0.2, 0.25) is 0 Å². The Morgan fingerprint density at radius 2 is 2.00 bits per heavy atom. The topological polar surface area (TPSA) is 48.5 Å². The van der Waals surface area contributed by atoms with Crippen LogP contribution in [0.25, 0.3) is 10.9 Å². The highest BCUT2D eigenvalue weighted by molar-refractivity contribution is 5.97. The summed E-state index contributed by atoms with van der Waals surface area (Å²) < 4.78 is 13.4. The van der Waals surface area contributed by atoms with Crippen LogP contribution in [0.5, 0.6) is 0 Å². The highest BCUT2D eigenvalue weighted by Crippen LogP contribution is 2.20. The normalized spacial score (nSPS) is 21.3. The first-order chi connectivity index (χ1) is 11.7. The van der Waals surface area contributed by atoms with Gasteiger partial charge in [0.2, 0.25) is 0 Å². The average molecular weight is 365 g/mol. The highest BCUT2D eigenvalue weighted by Gasteiger charge is 2.31. The Morgan fingerprint density at radius 3 is 2.80 bits per heavy atom. The van der Waals surface area contributed by atoms with Gasteiger partial charge in [-0.2, -0.15) is 0 Å². The van der Waals surface area contributed by atoms with Crippen LogP contribution in [0.3, 0.4) is 0 Å². The van der Waals surface area contributed by atoms with E-state index < -0.39 is 0 Å². The van der Waals surface area contributed by atoms with Crippen molar-refractivity contribution in [2.24, 2.45) is 0 Å². The summed E-state index contributed by atoms with van der Waals surface area (Å²) >= 11 is 0. The summed E-state index contributed by atoms with van der Waals surface area (Å²) in [6.07, 6.45) is 2.61. The van der Waals surface area contributed by atoms with Crippen molar-refractivity contribution in [1.82, 2.24) is 20.1 Å². The minimum absolute atomic E-state index is 0. The number of likely N-dealkylation sites (tertiary alicyclic amines) is 1. The number of fused-ring (bicyclic) bond motifs is 1. The van der Waals surface area contributed by atoms with Gasteiger partial charge in [-0.3, -0.25) is 14.7 Å². The molecule has 25 heavy (non-hydrogen) atoms. The van der Waals surface area contributed by atoms with Crippen molar-refractivity contribution in [3.63, 3.8) is 0 Å². The molecule has 1 aromatic carbocycles. The van der Waals surface area contributed by atoms with Gasteiger partial charge in [0.15, 0.2) is 0 Å². The number of rotatable bonds is 2. The lowest BCUT2D eigenvalue weighted by Crippen LogP contribution is -2.49. The molecule has 134 valence electrons. The molecule has 0 radical (unpaired) electrons. The lowest BCUT2D eigenvalue weighted by Gasteiger charge is -2.32. The monoisotopic (exact) mass is 364 g/mol. The van der Waals surface area contributed by atoms with Crippen LogP contribution in [0.1, 0.15) is 16.8 Å². The molecule has 2 aromatic rings. The fourth-order valence-corrected chi connectivity index (χ4v) is 3.67. The Hall–Kier alpha value is -1.76. The van der Waals surface area contributed by atoms with E-state index in [4.69, 9.17) is 0 Å². The van der Waals surface area contributed by atoms with Crippen LogP contribution in [0, 0.1) is 5.82 Å². The second kappa shape index (κ2) is 7.64. The molecule has 2 fully saturated rings. The third-order valence-corrected chi connectivity index (χ3v) is 5.01. The van der Waals surface area contributed by atoms with E-state index in [1.807, 2.05) is 4.90 Å². The van der Waals surface area contributed by atoms with Gasteiger partial charge in [-0.15, -0.1) is 12.4 Å². The Kier molecular flexibility index (Phi) is 5.51. The predicted molar refractivity (Wildman–Crippen MR) is 97.7 cm³/mol. The van der Waals surface area contributed by atoms with Crippen molar-refractivity contribution in [3.05, 3.63) is 41.8 Å². The maximum atomic E-state index is 13.4. The fraction of sp³-hybridized carbons (Fsp3) is 0.444. The second-order valence-corrected chi connectivity index (χ2v) is 6.54. The van der Waals surface area contributed by atoms with E-state index in [2.05, 4.69) is 15.2 Å². The number of carbonyl (C=O) groups is 1. The molecule has 0 saturated carbocycles. The Balaban J connectivity index is 0.00000182. The summed E-state index contributed by atoms with van der Waals surface area (Å²) in [5.74, 6) is -0.319. The first-order valence-electron chi connectivity index (χ1n) is 8.50. The first kappa shape index (κ1) is 18.0. The SMILES string of the molecule is Cl.O=C(c1cnc2ccc(F)cc2c1)N1CCC(N2CCNCC2)C1. The summed E-state index contributed by atoms with van der Waals surface area (Å²) in [5, 5.41) is 4.02. The molecule has 1 atom stereocenters. The maximum absolute atomic E-state index is 13.4. The summed E-state index contributed by atoms with van der Waals surface area (Å²) in [5.41, 5.74) is 1.24. The second-order valence-electron chi connectivity index (χ2n) is 6.54. The lowest BCUT2D eigenvalue weighted by molar-refractivity contribution is 0.0773. The summed E-state index contributed by atoms with van der Waals surface area (Å²) in [7, 11) is 0. The zero-order chi connectivity index (χ0) is 16.5. The largest absolute Gasteiger partial charge is 0.337 e. The van der Waals surface area contributed by atoms with Gasteiger partial charge in [-0.1, -0.05) is 0 Å². The zero-order valence-electron chi connectivity index (χ0n) is 13.9. The molecule has 2 aliphatic rings. The third kappa shape index (κ3) is 3.76. The average Bonchev–Trinajstić information content (AvgIpc) is 3.11. The van der Waals surface area contributed by atoms with Crippen molar-refractivity contribution in [2.45, 2.75) is 12.5 Å². The standard InChI is InChI=1S/C18H21FN4O.ClH/c19-15-1-2-17-13(10-15)9-14(11-21-17)18(24)23-6-3-16(12-23)22-7-4-20-5-8-22;/h1-2,9-11,16,20H,3-8,12H2;1H.